The minimum atomic E-state index is -0.517. The van der Waals surface area contributed by atoms with E-state index in [2.05, 4.69) is 20.5 Å². The second-order valence-electron chi connectivity index (χ2n) is 4.85. The zero-order chi connectivity index (χ0) is 17.2. The molecule has 4 rings (SSSR count). The number of halogens is 1. The molecule has 3 heterocycles. The highest BCUT2D eigenvalue weighted by Gasteiger charge is 2.09. The average Bonchev–Trinajstić information content (AvgIpc) is 3.32. The first-order chi connectivity index (χ1) is 12.2. The Balaban J connectivity index is 1.47. The van der Waals surface area contributed by atoms with Crippen molar-refractivity contribution in [3.8, 4) is 11.4 Å². The Kier molecular flexibility index (Phi) is 4.00. The van der Waals surface area contributed by atoms with Crippen molar-refractivity contribution in [3.63, 3.8) is 0 Å². The van der Waals surface area contributed by atoms with Crippen molar-refractivity contribution in [2.45, 2.75) is 0 Å². The third-order valence-corrected chi connectivity index (χ3v) is 4.33. The van der Waals surface area contributed by atoms with Gasteiger partial charge in [0.05, 0.1) is 11.4 Å². The van der Waals surface area contributed by atoms with E-state index in [4.69, 9.17) is 16.3 Å². The van der Waals surface area contributed by atoms with E-state index in [1.165, 1.54) is 28.4 Å². The standard InChI is InChI=1S/C15H9ClN6O2S/c16-14-12(21-7-8-25-15(21)18-14)5-6-13(23)24-11-3-1-10(2-4-11)22-9-17-19-20-22/h1-9H/b6-5+. The van der Waals surface area contributed by atoms with E-state index in [0.29, 0.717) is 16.6 Å². The first-order valence-electron chi connectivity index (χ1n) is 7.05. The molecular formula is C15H9ClN6O2S. The molecule has 0 saturated carbocycles. The predicted octanol–water partition coefficient (Wildman–Crippen LogP) is 2.64. The number of hydrogen-bond donors (Lipinski definition) is 0. The molecule has 0 atom stereocenters. The Morgan fingerprint density at radius 3 is 2.88 bits per heavy atom. The molecule has 124 valence electrons. The quantitative estimate of drug-likeness (QED) is 0.311. The van der Waals surface area contributed by atoms with E-state index >= 15 is 0 Å². The Bertz CT molecular complexity index is 1050. The molecule has 0 aliphatic rings. The van der Waals surface area contributed by atoms with Gasteiger partial charge < -0.3 is 4.74 Å². The SMILES string of the molecule is O=C(/C=C/c1c(Cl)nc2sccn12)Oc1ccc(-n2cnnn2)cc1. The number of carbonyl (C=O) groups excluding carboxylic acids is 1. The second-order valence-corrected chi connectivity index (χ2v) is 6.08. The smallest absolute Gasteiger partial charge is 0.336 e. The zero-order valence-corrected chi connectivity index (χ0v) is 14.1. The maximum absolute atomic E-state index is 12.0. The third kappa shape index (κ3) is 3.14. The maximum atomic E-state index is 12.0. The van der Waals surface area contributed by atoms with E-state index in [1.807, 2.05) is 11.6 Å². The molecule has 0 N–H and O–H groups in total. The average molecular weight is 373 g/mol. The molecule has 0 bridgehead atoms. The van der Waals surface area contributed by atoms with Crippen LogP contribution in [0.15, 0.2) is 48.2 Å². The largest absolute Gasteiger partial charge is 0.423 e. The predicted molar refractivity (Wildman–Crippen MR) is 91.9 cm³/mol. The fourth-order valence-corrected chi connectivity index (χ4v) is 3.17. The number of rotatable bonds is 4. The molecule has 0 spiro atoms. The zero-order valence-electron chi connectivity index (χ0n) is 12.5. The van der Waals surface area contributed by atoms with Crippen molar-refractivity contribution in [1.82, 2.24) is 29.6 Å². The Labute approximate surface area is 149 Å². The first kappa shape index (κ1) is 15.5. The lowest BCUT2D eigenvalue weighted by molar-refractivity contribution is -0.128. The second kappa shape index (κ2) is 6.46. The number of thiazole rings is 1. The molecule has 0 unspecified atom stereocenters. The summed E-state index contributed by atoms with van der Waals surface area (Å²) < 4.78 is 8.56. The number of imidazole rings is 1. The van der Waals surface area contributed by atoms with Gasteiger partial charge in [-0.05, 0) is 40.8 Å². The van der Waals surface area contributed by atoms with Crippen LogP contribution in [0.4, 0.5) is 0 Å². The molecule has 25 heavy (non-hydrogen) atoms. The summed E-state index contributed by atoms with van der Waals surface area (Å²) >= 11 is 7.53. The minimum Gasteiger partial charge on any atom is -0.423 e. The molecule has 0 aliphatic carbocycles. The molecular weight excluding hydrogens is 364 g/mol. The van der Waals surface area contributed by atoms with Crippen molar-refractivity contribution in [2.24, 2.45) is 0 Å². The van der Waals surface area contributed by atoms with Crippen molar-refractivity contribution >= 4 is 39.9 Å². The summed E-state index contributed by atoms with van der Waals surface area (Å²) in [4.78, 5) is 16.9. The number of hydrogen-bond acceptors (Lipinski definition) is 7. The number of nitrogens with zero attached hydrogens (tertiary/aromatic N) is 6. The van der Waals surface area contributed by atoms with Crippen LogP contribution >= 0.6 is 22.9 Å². The van der Waals surface area contributed by atoms with Crippen LogP contribution in [-0.4, -0.2) is 35.6 Å². The van der Waals surface area contributed by atoms with Gasteiger partial charge in [-0.2, -0.15) is 0 Å². The number of tetrazole rings is 1. The van der Waals surface area contributed by atoms with Gasteiger partial charge in [-0.25, -0.2) is 14.5 Å². The van der Waals surface area contributed by atoms with E-state index in [0.717, 1.165) is 10.6 Å². The highest BCUT2D eigenvalue weighted by molar-refractivity contribution is 7.15. The van der Waals surface area contributed by atoms with Crippen LogP contribution in [0.2, 0.25) is 5.15 Å². The molecule has 0 aliphatic heterocycles. The maximum Gasteiger partial charge on any atom is 0.336 e. The van der Waals surface area contributed by atoms with Gasteiger partial charge in [0.2, 0.25) is 0 Å². The van der Waals surface area contributed by atoms with Gasteiger partial charge in [0, 0.05) is 17.7 Å². The van der Waals surface area contributed by atoms with Crippen molar-refractivity contribution < 1.29 is 9.53 Å². The number of fused-ring (bicyclic) bond motifs is 1. The number of carbonyl (C=O) groups is 1. The molecule has 0 radical (unpaired) electrons. The van der Waals surface area contributed by atoms with Gasteiger partial charge in [-0.15, -0.1) is 16.4 Å². The number of esters is 1. The van der Waals surface area contributed by atoms with Gasteiger partial charge in [0.15, 0.2) is 10.1 Å². The van der Waals surface area contributed by atoms with E-state index in [-0.39, 0.29) is 0 Å². The molecule has 1 aromatic carbocycles. The summed E-state index contributed by atoms with van der Waals surface area (Å²) in [6.07, 6.45) is 6.20. The molecule has 10 heteroatoms. The lowest BCUT2D eigenvalue weighted by atomic mass is 10.3. The summed E-state index contributed by atoms with van der Waals surface area (Å²) in [6, 6.07) is 6.80. The van der Waals surface area contributed by atoms with Crippen LogP contribution in [-0.2, 0) is 4.79 Å². The summed E-state index contributed by atoms with van der Waals surface area (Å²) in [5.74, 6) is -0.108. The van der Waals surface area contributed by atoms with Crippen molar-refractivity contribution in [3.05, 3.63) is 59.1 Å². The summed E-state index contributed by atoms with van der Waals surface area (Å²) in [7, 11) is 0. The Hall–Kier alpha value is -3.04. The minimum absolute atomic E-state index is 0.335. The molecule has 0 saturated heterocycles. The molecule has 4 aromatic rings. The van der Waals surface area contributed by atoms with Crippen molar-refractivity contribution in [1.29, 1.82) is 0 Å². The highest BCUT2D eigenvalue weighted by atomic mass is 35.5. The topological polar surface area (TPSA) is 87.2 Å². The van der Waals surface area contributed by atoms with E-state index in [9.17, 15) is 4.79 Å². The summed E-state index contributed by atoms with van der Waals surface area (Å²) in [5, 5.41) is 13.1. The van der Waals surface area contributed by atoms with Crippen LogP contribution in [0.25, 0.3) is 16.7 Å². The lowest BCUT2D eigenvalue weighted by Crippen LogP contribution is -2.04. The van der Waals surface area contributed by atoms with Crippen LogP contribution in [0.5, 0.6) is 5.75 Å². The van der Waals surface area contributed by atoms with Gasteiger partial charge in [0.1, 0.15) is 12.1 Å². The lowest BCUT2D eigenvalue weighted by Gasteiger charge is -2.03. The fourth-order valence-electron chi connectivity index (χ4n) is 2.17. The molecule has 8 nitrogen and oxygen atoms in total. The van der Waals surface area contributed by atoms with Gasteiger partial charge in [0.25, 0.3) is 0 Å². The van der Waals surface area contributed by atoms with E-state index in [1.54, 1.807) is 34.7 Å². The monoisotopic (exact) mass is 372 g/mol. The first-order valence-corrected chi connectivity index (χ1v) is 8.31. The normalized spacial score (nSPS) is 11.4. The van der Waals surface area contributed by atoms with Crippen LogP contribution < -0.4 is 4.74 Å². The van der Waals surface area contributed by atoms with Crippen LogP contribution in [0, 0.1) is 0 Å². The fraction of sp³-hybridized carbons (Fsp3) is 0. The third-order valence-electron chi connectivity index (χ3n) is 3.30. The van der Waals surface area contributed by atoms with Gasteiger partial charge in [-0.3, -0.25) is 4.40 Å². The summed E-state index contributed by atoms with van der Waals surface area (Å²) in [6.45, 7) is 0. The van der Waals surface area contributed by atoms with Crippen LogP contribution in [0.3, 0.4) is 0 Å². The van der Waals surface area contributed by atoms with Crippen molar-refractivity contribution in [2.75, 3.05) is 0 Å². The number of benzene rings is 1. The van der Waals surface area contributed by atoms with Gasteiger partial charge in [-0.1, -0.05) is 11.6 Å². The molecule has 3 aromatic heterocycles. The van der Waals surface area contributed by atoms with E-state index < -0.39 is 5.97 Å². The van der Waals surface area contributed by atoms with Gasteiger partial charge >= 0.3 is 5.97 Å². The summed E-state index contributed by atoms with van der Waals surface area (Å²) in [5.41, 5.74) is 1.38. The molecule has 0 amide bonds. The number of aromatic nitrogens is 6. The highest BCUT2D eigenvalue weighted by Crippen LogP contribution is 2.22. The van der Waals surface area contributed by atoms with Crippen LogP contribution in [0.1, 0.15) is 5.69 Å². The Morgan fingerprint density at radius 1 is 1.28 bits per heavy atom. The molecule has 0 fully saturated rings. The number of ether oxygens (including phenoxy) is 1. The Morgan fingerprint density at radius 2 is 2.12 bits per heavy atom.